The van der Waals surface area contributed by atoms with E-state index in [9.17, 15) is 0 Å². The van der Waals surface area contributed by atoms with Crippen molar-refractivity contribution in [2.45, 2.75) is 25.2 Å². The first kappa shape index (κ1) is 12.9. The number of rotatable bonds is 5. The van der Waals surface area contributed by atoms with E-state index in [2.05, 4.69) is 34.5 Å². The predicted molar refractivity (Wildman–Crippen MR) is 77.8 cm³/mol. The molecule has 1 N–H and O–H groups in total. The molecule has 0 radical (unpaired) electrons. The van der Waals surface area contributed by atoms with Gasteiger partial charge in [-0.05, 0) is 44.0 Å². The summed E-state index contributed by atoms with van der Waals surface area (Å²) in [4.78, 5) is 2.56. The fraction of sp³-hybridized carbons (Fsp3) is 0.625. The molecular formula is C16H24N2O. The van der Waals surface area contributed by atoms with Crippen LogP contribution in [0.1, 0.15) is 30.7 Å². The molecular weight excluding hydrogens is 236 g/mol. The van der Waals surface area contributed by atoms with Gasteiger partial charge in [-0.2, -0.15) is 0 Å². The van der Waals surface area contributed by atoms with Gasteiger partial charge in [-0.3, -0.25) is 0 Å². The molecule has 1 aromatic carbocycles. The second kappa shape index (κ2) is 6.40. The van der Waals surface area contributed by atoms with Gasteiger partial charge in [0.2, 0.25) is 0 Å². The Morgan fingerprint density at radius 3 is 2.95 bits per heavy atom. The van der Waals surface area contributed by atoms with Crippen LogP contribution in [0.4, 0.5) is 0 Å². The molecule has 0 saturated carbocycles. The van der Waals surface area contributed by atoms with Crippen LogP contribution in [0.2, 0.25) is 0 Å². The van der Waals surface area contributed by atoms with Crippen molar-refractivity contribution in [3.63, 3.8) is 0 Å². The lowest BCUT2D eigenvalue weighted by Crippen LogP contribution is -2.33. The zero-order valence-electron chi connectivity index (χ0n) is 11.6. The van der Waals surface area contributed by atoms with E-state index < -0.39 is 0 Å². The number of para-hydroxylation sites is 1. The maximum absolute atomic E-state index is 5.71. The number of benzene rings is 1. The Kier molecular flexibility index (Phi) is 4.36. The van der Waals surface area contributed by atoms with Gasteiger partial charge in [0.25, 0.3) is 0 Å². The highest BCUT2D eigenvalue weighted by Crippen LogP contribution is 2.32. The summed E-state index contributed by atoms with van der Waals surface area (Å²) in [5, 5.41) is 3.63. The summed E-state index contributed by atoms with van der Waals surface area (Å²) in [5.41, 5.74) is 1.38. The van der Waals surface area contributed by atoms with Crippen molar-refractivity contribution in [3.05, 3.63) is 29.8 Å². The third kappa shape index (κ3) is 3.28. The third-order valence-corrected chi connectivity index (χ3v) is 4.28. The third-order valence-electron chi connectivity index (χ3n) is 4.28. The first-order chi connectivity index (χ1) is 9.43. The number of likely N-dealkylation sites (tertiary alicyclic amines) is 1. The largest absolute Gasteiger partial charge is 0.493 e. The summed E-state index contributed by atoms with van der Waals surface area (Å²) in [6.45, 7) is 6.83. The van der Waals surface area contributed by atoms with E-state index >= 15 is 0 Å². The highest BCUT2D eigenvalue weighted by molar-refractivity contribution is 5.37. The van der Waals surface area contributed by atoms with Gasteiger partial charge in [0.15, 0.2) is 0 Å². The van der Waals surface area contributed by atoms with Crippen molar-refractivity contribution in [1.82, 2.24) is 10.2 Å². The minimum atomic E-state index is 0.614. The van der Waals surface area contributed by atoms with Gasteiger partial charge in [-0.1, -0.05) is 18.2 Å². The summed E-state index contributed by atoms with van der Waals surface area (Å²) < 4.78 is 5.71. The maximum atomic E-state index is 5.71. The normalized spacial score (nSPS) is 23.1. The Balaban J connectivity index is 1.45. The Morgan fingerprint density at radius 2 is 2.05 bits per heavy atom. The molecule has 0 spiro atoms. The van der Waals surface area contributed by atoms with Crippen molar-refractivity contribution in [1.29, 1.82) is 0 Å². The number of fused-ring (bicyclic) bond motifs is 1. The molecule has 2 aliphatic heterocycles. The number of hydrogen-bond donors (Lipinski definition) is 1. The molecule has 3 nitrogen and oxygen atoms in total. The van der Waals surface area contributed by atoms with Crippen LogP contribution >= 0.6 is 0 Å². The molecule has 2 aliphatic rings. The van der Waals surface area contributed by atoms with E-state index in [0.29, 0.717) is 5.92 Å². The van der Waals surface area contributed by atoms with Crippen LogP contribution in [0.25, 0.3) is 0 Å². The van der Waals surface area contributed by atoms with Crippen LogP contribution < -0.4 is 10.1 Å². The van der Waals surface area contributed by atoms with Crippen LogP contribution in [0.15, 0.2) is 24.3 Å². The van der Waals surface area contributed by atoms with Gasteiger partial charge in [0.05, 0.1) is 6.61 Å². The fourth-order valence-electron chi connectivity index (χ4n) is 3.15. The summed E-state index contributed by atoms with van der Waals surface area (Å²) in [6.07, 6.45) is 3.90. The van der Waals surface area contributed by atoms with Crippen molar-refractivity contribution < 1.29 is 4.74 Å². The van der Waals surface area contributed by atoms with Crippen molar-refractivity contribution in [2.24, 2.45) is 0 Å². The van der Waals surface area contributed by atoms with E-state index in [1.807, 2.05) is 0 Å². The summed E-state index contributed by atoms with van der Waals surface area (Å²) >= 11 is 0. The molecule has 1 fully saturated rings. The zero-order valence-corrected chi connectivity index (χ0v) is 11.6. The SMILES string of the molecule is c1ccc2c(c1)OCCC2CNCCN1CCCC1. The van der Waals surface area contributed by atoms with Crippen LogP contribution in [-0.2, 0) is 0 Å². The molecule has 0 aromatic heterocycles. The molecule has 2 heterocycles. The van der Waals surface area contributed by atoms with Crippen LogP contribution in [0.3, 0.4) is 0 Å². The lowest BCUT2D eigenvalue weighted by molar-refractivity contribution is 0.262. The van der Waals surface area contributed by atoms with Crippen molar-refractivity contribution >= 4 is 0 Å². The first-order valence-electron chi connectivity index (χ1n) is 7.58. The van der Waals surface area contributed by atoms with Gasteiger partial charge < -0.3 is 15.0 Å². The summed E-state index contributed by atoms with van der Waals surface area (Å²) in [6, 6.07) is 8.47. The maximum Gasteiger partial charge on any atom is 0.122 e. The van der Waals surface area contributed by atoms with E-state index in [4.69, 9.17) is 4.74 Å². The van der Waals surface area contributed by atoms with E-state index in [-0.39, 0.29) is 0 Å². The first-order valence-corrected chi connectivity index (χ1v) is 7.58. The topological polar surface area (TPSA) is 24.5 Å². The lowest BCUT2D eigenvalue weighted by Gasteiger charge is -2.26. The van der Waals surface area contributed by atoms with Crippen LogP contribution in [0.5, 0.6) is 5.75 Å². The molecule has 19 heavy (non-hydrogen) atoms. The lowest BCUT2D eigenvalue weighted by atomic mass is 9.93. The Morgan fingerprint density at radius 1 is 1.21 bits per heavy atom. The second-order valence-corrected chi connectivity index (χ2v) is 5.62. The molecule has 1 saturated heterocycles. The van der Waals surface area contributed by atoms with Crippen molar-refractivity contribution in [2.75, 3.05) is 39.3 Å². The molecule has 1 unspecified atom stereocenters. The van der Waals surface area contributed by atoms with E-state index in [1.165, 1.54) is 38.0 Å². The molecule has 3 heteroatoms. The van der Waals surface area contributed by atoms with Crippen LogP contribution in [-0.4, -0.2) is 44.2 Å². The minimum absolute atomic E-state index is 0.614. The Hall–Kier alpha value is -1.06. The van der Waals surface area contributed by atoms with Gasteiger partial charge in [-0.25, -0.2) is 0 Å². The molecule has 0 amide bonds. The molecule has 1 atom stereocenters. The average molecular weight is 260 g/mol. The molecule has 0 bridgehead atoms. The van der Waals surface area contributed by atoms with Gasteiger partial charge in [-0.15, -0.1) is 0 Å². The van der Waals surface area contributed by atoms with E-state index in [0.717, 1.165) is 31.9 Å². The standard InChI is InChI=1S/C16H24N2O/c1-2-6-16-15(5-1)14(7-12-19-16)13-17-8-11-18-9-3-4-10-18/h1-2,5-6,14,17H,3-4,7-13H2. The van der Waals surface area contributed by atoms with Crippen molar-refractivity contribution in [3.8, 4) is 5.75 Å². The highest BCUT2D eigenvalue weighted by atomic mass is 16.5. The van der Waals surface area contributed by atoms with Gasteiger partial charge in [0, 0.05) is 25.6 Å². The number of nitrogens with one attached hydrogen (secondary N) is 1. The number of nitrogens with zero attached hydrogens (tertiary/aromatic N) is 1. The summed E-state index contributed by atoms with van der Waals surface area (Å²) in [5.74, 6) is 1.70. The highest BCUT2D eigenvalue weighted by Gasteiger charge is 2.20. The fourth-order valence-corrected chi connectivity index (χ4v) is 3.15. The quantitative estimate of drug-likeness (QED) is 0.822. The number of hydrogen-bond acceptors (Lipinski definition) is 3. The average Bonchev–Trinajstić information content (AvgIpc) is 2.97. The van der Waals surface area contributed by atoms with E-state index in [1.54, 1.807) is 0 Å². The zero-order chi connectivity index (χ0) is 12.9. The molecule has 3 rings (SSSR count). The summed E-state index contributed by atoms with van der Waals surface area (Å²) in [7, 11) is 0. The number of ether oxygens (including phenoxy) is 1. The molecule has 104 valence electrons. The Labute approximate surface area is 115 Å². The van der Waals surface area contributed by atoms with Gasteiger partial charge >= 0.3 is 0 Å². The Bertz CT molecular complexity index is 401. The smallest absolute Gasteiger partial charge is 0.122 e. The molecule has 0 aliphatic carbocycles. The monoisotopic (exact) mass is 260 g/mol. The molecule has 1 aromatic rings. The predicted octanol–water partition coefficient (Wildman–Crippen LogP) is 2.24. The minimum Gasteiger partial charge on any atom is -0.493 e. The second-order valence-electron chi connectivity index (χ2n) is 5.62. The van der Waals surface area contributed by atoms with Crippen LogP contribution in [0, 0.1) is 0 Å². The van der Waals surface area contributed by atoms with Gasteiger partial charge in [0.1, 0.15) is 5.75 Å².